The smallest absolute Gasteiger partial charge is 0.226 e. The Kier molecular flexibility index (Phi) is 6.87. The third-order valence-electron chi connectivity index (χ3n) is 4.87. The fourth-order valence-electron chi connectivity index (χ4n) is 3.26. The maximum Gasteiger partial charge on any atom is 0.226 e. The highest BCUT2D eigenvalue weighted by molar-refractivity contribution is 7.99. The van der Waals surface area contributed by atoms with Crippen LogP contribution in [0.1, 0.15) is 6.42 Å². The lowest BCUT2D eigenvalue weighted by Crippen LogP contribution is -2.12. The van der Waals surface area contributed by atoms with Gasteiger partial charge in [0.15, 0.2) is 22.3 Å². The number of aromatic nitrogens is 4. The van der Waals surface area contributed by atoms with Crippen LogP contribution in [0.2, 0.25) is 0 Å². The van der Waals surface area contributed by atoms with E-state index in [1.54, 1.807) is 43.9 Å². The second kappa shape index (κ2) is 10.5. The van der Waals surface area contributed by atoms with Crippen molar-refractivity contribution in [3.8, 4) is 39.9 Å². The number of thiazole rings is 1. The monoisotopic (exact) mass is 505 g/mol. The summed E-state index contributed by atoms with van der Waals surface area (Å²) in [6.07, 6.45) is 3.39. The van der Waals surface area contributed by atoms with Crippen molar-refractivity contribution in [1.29, 1.82) is 0 Å². The Labute approximate surface area is 208 Å². The van der Waals surface area contributed by atoms with Gasteiger partial charge in [-0.15, -0.1) is 21.5 Å². The van der Waals surface area contributed by atoms with Gasteiger partial charge in [0.2, 0.25) is 11.1 Å². The Bertz CT molecular complexity index is 1420. The fourth-order valence-corrected chi connectivity index (χ4v) is 4.72. The summed E-state index contributed by atoms with van der Waals surface area (Å²) in [6, 6.07) is 14.7. The number of nitrogens with zero attached hydrogens (tertiary/aromatic N) is 4. The average molecular weight is 506 g/mol. The van der Waals surface area contributed by atoms with Crippen LogP contribution in [0, 0.1) is 0 Å². The zero-order valence-electron chi connectivity index (χ0n) is 18.5. The topological polar surface area (TPSA) is 116 Å². The molecule has 0 aliphatic heterocycles. The van der Waals surface area contributed by atoms with Gasteiger partial charge in [0.05, 0.1) is 25.3 Å². The van der Waals surface area contributed by atoms with Crippen molar-refractivity contribution < 1.29 is 18.4 Å². The summed E-state index contributed by atoms with van der Waals surface area (Å²) in [5.41, 5.74) is 2.64. The molecule has 5 aromatic rings. The molecule has 0 bridgehead atoms. The van der Waals surface area contributed by atoms with Gasteiger partial charge in [-0.1, -0.05) is 23.9 Å². The van der Waals surface area contributed by atoms with Crippen molar-refractivity contribution in [1.82, 2.24) is 20.2 Å². The van der Waals surface area contributed by atoms with E-state index in [0.717, 1.165) is 17.0 Å². The van der Waals surface area contributed by atoms with E-state index >= 15 is 0 Å². The number of thioether (sulfide) groups is 1. The summed E-state index contributed by atoms with van der Waals surface area (Å²) in [4.78, 5) is 21.6. The van der Waals surface area contributed by atoms with Gasteiger partial charge in [-0.2, -0.15) is 0 Å². The molecule has 9 nitrogen and oxygen atoms in total. The van der Waals surface area contributed by atoms with Crippen LogP contribution in [-0.2, 0) is 4.79 Å². The standard InChI is InChI=1S/C24H19N5O4S2/c1-31-17-7-3-2-6-15(17)16-14-35-23(25-16)26-20(30)10-13-34-24-27-21(18-8-4-11-32-18)22(28-29-24)19-9-5-12-33-19/h2-9,11-12,14H,10,13H2,1H3,(H,25,26,30). The van der Waals surface area contributed by atoms with Crippen LogP contribution in [0.25, 0.3) is 34.2 Å². The lowest BCUT2D eigenvalue weighted by molar-refractivity contribution is -0.115. The summed E-state index contributed by atoms with van der Waals surface area (Å²) in [5.74, 6) is 2.15. The largest absolute Gasteiger partial charge is 0.496 e. The van der Waals surface area contributed by atoms with Crippen molar-refractivity contribution in [2.45, 2.75) is 11.6 Å². The van der Waals surface area contributed by atoms with E-state index in [1.165, 1.54) is 23.1 Å². The third kappa shape index (κ3) is 5.26. The van der Waals surface area contributed by atoms with E-state index < -0.39 is 0 Å². The predicted octanol–water partition coefficient (Wildman–Crippen LogP) is 5.64. The van der Waals surface area contributed by atoms with Crippen LogP contribution in [0.15, 0.2) is 80.4 Å². The molecular formula is C24H19N5O4S2. The lowest BCUT2D eigenvalue weighted by Gasteiger charge is -2.06. The van der Waals surface area contributed by atoms with Crippen LogP contribution in [0.4, 0.5) is 5.13 Å². The summed E-state index contributed by atoms with van der Waals surface area (Å²) in [5, 5.41) is 14.2. The molecule has 0 aliphatic carbocycles. The molecule has 176 valence electrons. The zero-order valence-corrected chi connectivity index (χ0v) is 20.1. The fraction of sp³-hybridized carbons (Fsp3) is 0.125. The van der Waals surface area contributed by atoms with Gasteiger partial charge in [-0.05, 0) is 36.4 Å². The van der Waals surface area contributed by atoms with Gasteiger partial charge >= 0.3 is 0 Å². The minimum atomic E-state index is -0.148. The number of anilines is 1. The number of ether oxygens (including phenoxy) is 1. The molecule has 0 saturated heterocycles. The van der Waals surface area contributed by atoms with Crippen molar-refractivity contribution >= 4 is 34.1 Å². The lowest BCUT2D eigenvalue weighted by atomic mass is 10.1. The molecule has 0 fully saturated rings. The van der Waals surface area contributed by atoms with Crippen LogP contribution in [-0.4, -0.2) is 38.9 Å². The molecule has 4 heterocycles. The van der Waals surface area contributed by atoms with Crippen LogP contribution >= 0.6 is 23.1 Å². The molecule has 1 aromatic carbocycles. The van der Waals surface area contributed by atoms with Crippen molar-refractivity contribution in [3.63, 3.8) is 0 Å². The van der Waals surface area contributed by atoms with E-state index in [0.29, 0.717) is 38.9 Å². The molecule has 11 heteroatoms. The highest BCUT2D eigenvalue weighted by atomic mass is 32.2. The molecule has 1 amide bonds. The van der Waals surface area contributed by atoms with E-state index in [2.05, 4.69) is 25.5 Å². The molecule has 5 rings (SSSR count). The van der Waals surface area contributed by atoms with E-state index in [4.69, 9.17) is 13.6 Å². The number of para-hydroxylation sites is 1. The van der Waals surface area contributed by atoms with E-state index in [-0.39, 0.29) is 12.3 Å². The van der Waals surface area contributed by atoms with E-state index in [1.807, 2.05) is 29.6 Å². The van der Waals surface area contributed by atoms with Crippen molar-refractivity contribution in [3.05, 3.63) is 66.4 Å². The quantitative estimate of drug-likeness (QED) is 0.254. The highest BCUT2D eigenvalue weighted by Crippen LogP contribution is 2.32. The number of hydrogen-bond donors (Lipinski definition) is 1. The second-order valence-corrected chi connectivity index (χ2v) is 9.05. The van der Waals surface area contributed by atoms with Crippen LogP contribution in [0.3, 0.4) is 0 Å². The second-order valence-electron chi connectivity index (χ2n) is 7.13. The first-order chi connectivity index (χ1) is 17.2. The molecule has 0 spiro atoms. The molecule has 0 radical (unpaired) electrons. The van der Waals surface area contributed by atoms with Gasteiger partial charge in [0, 0.05) is 23.1 Å². The SMILES string of the molecule is COc1ccccc1-c1csc(NC(=O)CCSc2nnc(-c3ccco3)c(-c3ccco3)n2)n1. The summed E-state index contributed by atoms with van der Waals surface area (Å²) in [6.45, 7) is 0. The van der Waals surface area contributed by atoms with Gasteiger partial charge in [-0.25, -0.2) is 9.97 Å². The molecule has 0 aliphatic rings. The molecule has 35 heavy (non-hydrogen) atoms. The van der Waals surface area contributed by atoms with Crippen LogP contribution in [0.5, 0.6) is 5.75 Å². The highest BCUT2D eigenvalue weighted by Gasteiger charge is 2.18. The number of benzene rings is 1. The predicted molar refractivity (Wildman–Crippen MR) is 133 cm³/mol. The molecule has 0 unspecified atom stereocenters. The Balaban J connectivity index is 1.21. The summed E-state index contributed by atoms with van der Waals surface area (Å²) >= 11 is 2.70. The first-order valence-electron chi connectivity index (χ1n) is 10.6. The van der Waals surface area contributed by atoms with Gasteiger partial charge in [0.25, 0.3) is 0 Å². The van der Waals surface area contributed by atoms with Crippen molar-refractivity contribution in [2.24, 2.45) is 0 Å². The normalized spacial score (nSPS) is 10.9. The number of amides is 1. The summed E-state index contributed by atoms with van der Waals surface area (Å²) in [7, 11) is 1.62. The number of carbonyl (C=O) groups excluding carboxylic acids is 1. The maximum atomic E-state index is 12.5. The third-order valence-corrected chi connectivity index (χ3v) is 6.47. The number of nitrogens with one attached hydrogen (secondary N) is 1. The Morgan fingerprint density at radius 2 is 1.77 bits per heavy atom. The number of carbonyl (C=O) groups is 1. The van der Waals surface area contributed by atoms with Gasteiger partial charge < -0.3 is 18.9 Å². The first kappa shape index (κ1) is 22.8. The minimum Gasteiger partial charge on any atom is -0.496 e. The first-order valence-corrected chi connectivity index (χ1v) is 12.4. The number of furan rings is 2. The average Bonchev–Trinajstić information content (AvgIpc) is 3.67. The summed E-state index contributed by atoms with van der Waals surface area (Å²) < 4.78 is 16.4. The molecular weight excluding hydrogens is 486 g/mol. The van der Waals surface area contributed by atoms with Gasteiger partial charge in [0.1, 0.15) is 11.4 Å². The number of methoxy groups -OCH3 is 1. The maximum absolute atomic E-state index is 12.5. The molecule has 0 atom stereocenters. The Morgan fingerprint density at radius 1 is 1.00 bits per heavy atom. The molecule has 4 aromatic heterocycles. The zero-order chi connectivity index (χ0) is 24.0. The molecule has 1 N–H and O–H groups in total. The number of rotatable bonds is 9. The minimum absolute atomic E-state index is 0.148. The van der Waals surface area contributed by atoms with E-state index in [9.17, 15) is 4.79 Å². The van der Waals surface area contributed by atoms with Crippen molar-refractivity contribution in [2.75, 3.05) is 18.2 Å². The Hall–Kier alpha value is -3.96. The Morgan fingerprint density at radius 3 is 2.51 bits per heavy atom. The number of hydrogen-bond acceptors (Lipinski definition) is 10. The molecule has 0 saturated carbocycles. The van der Waals surface area contributed by atoms with Crippen LogP contribution < -0.4 is 10.1 Å². The van der Waals surface area contributed by atoms with Gasteiger partial charge in [-0.3, -0.25) is 4.79 Å².